The fourth-order valence-electron chi connectivity index (χ4n) is 2.90. The summed E-state index contributed by atoms with van der Waals surface area (Å²) in [5, 5.41) is 33.7. The molecule has 1 saturated heterocycles. The first-order valence-corrected chi connectivity index (χ1v) is 9.40. The van der Waals surface area contributed by atoms with Gasteiger partial charge in [-0.05, 0) is 16.8 Å². The Morgan fingerprint density at radius 2 is 1.93 bits per heavy atom. The molecular formula is C19H18N2O6S. The SMILES string of the molecule is O=C(c1ccc2ccccc2c1)c1cnc(N[C@@H]2OC(O)[C@H](O)C(CO)O2)s1. The minimum Gasteiger partial charge on any atom is -0.394 e. The third kappa shape index (κ3) is 3.76. The molecule has 2 heterocycles. The Kier molecular flexibility index (Phi) is 5.36. The standard InChI is InChI=1S/C19H18N2O6S/c22-9-13-16(24)17(25)27-19(26-13)21-18-20-8-14(28-18)15(23)12-6-5-10-3-1-2-4-11(10)7-12/h1-8,13,16-17,19,22,24-25H,9H2,(H,20,21)/t13?,16-,17?,19+/m1/s1. The highest BCUT2D eigenvalue weighted by Crippen LogP contribution is 2.26. The van der Waals surface area contributed by atoms with E-state index in [0.29, 0.717) is 15.6 Å². The third-order valence-corrected chi connectivity index (χ3v) is 5.32. The smallest absolute Gasteiger partial charge is 0.242 e. The Labute approximate surface area is 164 Å². The lowest BCUT2D eigenvalue weighted by atomic mass is 10.0. The maximum Gasteiger partial charge on any atom is 0.242 e. The summed E-state index contributed by atoms with van der Waals surface area (Å²) in [6.45, 7) is -0.483. The van der Waals surface area contributed by atoms with E-state index in [0.717, 1.165) is 22.1 Å². The maximum absolute atomic E-state index is 12.8. The second-order valence-electron chi connectivity index (χ2n) is 6.27. The largest absolute Gasteiger partial charge is 0.394 e. The van der Waals surface area contributed by atoms with Gasteiger partial charge in [0.25, 0.3) is 0 Å². The van der Waals surface area contributed by atoms with Crippen LogP contribution < -0.4 is 5.32 Å². The van der Waals surface area contributed by atoms with Crippen molar-refractivity contribution in [1.82, 2.24) is 4.98 Å². The number of anilines is 1. The molecular weight excluding hydrogens is 384 g/mol. The monoisotopic (exact) mass is 402 g/mol. The molecule has 3 aromatic rings. The lowest BCUT2D eigenvalue weighted by Crippen LogP contribution is -2.53. The molecule has 1 aromatic heterocycles. The molecule has 1 fully saturated rings. The summed E-state index contributed by atoms with van der Waals surface area (Å²) in [4.78, 5) is 17.3. The van der Waals surface area contributed by atoms with Crippen LogP contribution in [-0.4, -0.2) is 57.6 Å². The van der Waals surface area contributed by atoms with Crippen LogP contribution in [0.3, 0.4) is 0 Å². The van der Waals surface area contributed by atoms with E-state index in [1.807, 2.05) is 36.4 Å². The molecule has 146 valence electrons. The fraction of sp³-hybridized carbons (Fsp3) is 0.263. The molecule has 0 saturated carbocycles. The summed E-state index contributed by atoms with van der Waals surface area (Å²) in [6.07, 6.45) is -3.54. The van der Waals surface area contributed by atoms with Gasteiger partial charge in [0.15, 0.2) is 11.4 Å². The van der Waals surface area contributed by atoms with Crippen molar-refractivity contribution in [3.05, 3.63) is 59.1 Å². The average Bonchev–Trinajstić information content (AvgIpc) is 3.18. The lowest BCUT2D eigenvalue weighted by Gasteiger charge is -2.36. The molecule has 4 atom stereocenters. The Bertz CT molecular complexity index is 993. The summed E-state index contributed by atoms with van der Waals surface area (Å²) in [5.74, 6) is -0.162. The number of aromatic nitrogens is 1. The highest BCUT2D eigenvalue weighted by atomic mass is 32.1. The molecule has 2 unspecified atom stereocenters. The number of fused-ring (bicyclic) bond motifs is 1. The van der Waals surface area contributed by atoms with E-state index in [-0.39, 0.29) is 5.78 Å². The van der Waals surface area contributed by atoms with E-state index in [2.05, 4.69) is 10.3 Å². The van der Waals surface area contributed by atoms with Crippen molar-refractivity contribution in [2.24, 2.45) is 0 Å². The number of nitrogens with zero attached hydrogens (tertiary/aromatic N) is 1. The van der Waals surface area contributed by atoms with Crippen molar-refractivity contribution in [1.29, 1.82) is 0 Å². The van der Waals surface area contributed by atoms with E-state index in [1.54, 1.807) is 6.07 Å². The molecule has 4 N–H and O–H groups in total. The number of carbonyl (C=O) groups is 1. The first kappa shape index (κ1) is 18.9. The highest BCUT2D eigenvalue weighted by Gasteiger charge is 2.37. The van der Waals surface area contributed by atoms with Crippen LogP contribution in [0.4, 0.5) is 5.13 Å². The average molecular weight is 402 g/mol. The van der Waals surface area contributed by atoms with Gasteiger partial charge in [-0.25, -0.2) is 4.98 Å². The van der Waals surface area contributed by atoms with Crippen molar-refractivity contribution >= 4 is 33.0 Å². The topological polar surface area (TPSA) is 121 Å². The van der Waals surface area contributed by atoms with Crippen LogP contribution in [0.25, 0.3) is 10.8 Å². The normalized spacial score (nSPS) is 25.0. The maximum atomic E-state index is 12.8. The number of aliphatic hydroxyl groups excluding tert-OH is 3. The van der Waals surface area contributed by atoms with Gasteiger partial charge in [-0.2, -0.15) is 0 Å². The number of carbonyl (C=O) groups excluding carboxylic acids is 1. The number of benzene rings is 2. The highest BCUT2D eigenvalue weighted by molar-refractivity contribution is 7.17. The zero-order valence-corrected chi connectivity index (χ0v) is 15.4. The Balaban J connectivity index is 1.48. The van der Waals surface area contributed by atoms with Crippen LogP contribution >= 0.6 is 11.3 Å². The summed E-state index contributed by atoms with van der Waals surface area (Å²) in [7, 11) is 0. The molecule has 28 heavy (non-hydrogen) atoms. The zero-order chi connectivity index (χ0) is 19.7. The molecule has 0 radical (unpaired) electrons. The van der Waals surface area contributed by atoms with E-state index in [4.69, 9.17) is 9.47 Å². The van der Waals surface area contributed by atoms with Crippen molar-refractivity contribution in [2.75, 3.05) is 11.9 Å². The molecule has 1 aliphatic rings. The van der Waals surface area contributed by atoms with Gasteiger partial charge < -0.3 is 30.1 Å². The summed E-state index contributed by atoms with van der Waals surface area (Å²) in [6, 6.07) is 13.3. The van der Waals surface area contributed by atoms with E-state index in [9.17, 15) is 20.1 Å². The van der Waals surface area contributed by atoms with Crippen LogP contribution in [0.2, 0.25) is 0 Å². The van der Waals surface area contributed by atoms with Gasteiger partial charge in [-0.3, -0.25) is 4.79 Å². The predicted octanol–water partition coefficient (Wildman–Crippen LogP) is 1.31. The van der Waals surface area contributed by atoms with E-state index in [1.165, 1.54) is 6.20 Å². The summed E-state index contributed by atoms with van der Waals surface area (Å²) in [5.41, 5.74) is 0.554. The Morgan fingerprint density at radius 3 is 2.71 bits per heavy atom. The second-order valence-corrected chi connectivity index (χ2v) is 7.30. The van der Waals surface area contributed by atoms with Crippen molar-refractivity contribution in [3.8, 4) is 0 Å². The minimum atomic E-state index is -1.51. The molecule has 8 nitrogen and oxygen atoms in total. The fourth-order valence-corrected chi connectivity index (χ4v) is 3.69. The summed E-state index contributed by atoms with van der Waals surface area (Å²) >= 11 is 1.11. The zero-order valence-electron chi connectivity index (χ0n) is 14.6. The third-order valence-electron chi connectivity index (χ3n) is 4.40. The molecule has 1 aliphatic heterocycles. The van der Waals surface area contributed by atoms with Crippen LogP contribution in [0.5, 0.6) is 0 Å². The van der Waals surface area contributed by atoms with Gasteiger partial charge in [0.1, 0.15) is 12.2 Å². The molecule has 9 heteroatoms. The number of aliphatic hydroxyl groups is 3. The van der Waals surface area contributed by atoms with Crippen LogP contribution in [-0.2, 0) is 9.47 Å². The van der Waals surface area contributed by atoms with Crippen molar-refractivity contribution < 1.29 is 29.6 Å². The van der Waals surface area contributed by atoms with Crippen LogP contribution in [0.15, 0.2) is 48.7 Å². The van der Waals surface area contributed by atoms with Crippen LogP contribution in [0, 0.1) is 0 Å². The number of ketones is 1. The minimum absolute atomic E-state index is 0.162. The van der Waals surface area contributed by atoms with Crippen molar-refractivity contribution in [3.63, 3.8) is 0 Å². The number of hydrogen-bond acceptors (Lipinski definition) is 9. The molecule has 0 bridgehead atoms. The molecule has 0 aliphatic carbocycles. The number of hydrogen-bond donors (Lipinski definition) is 4. The second kappa shape index (κ2) is 7.92. The number of rotatable bonds is 5. The number of ether oxygens (including phenoxy) is 2. The van der Waals surface area contributed by atoms with Gasteiger partial charge in [-0.15, -0.1) is 0 Å². The first-order chi connectivity index (χ1) is 13.5. The first-order valence-electron chi connectivity index (χ1n) is 8.59. The van der Waals surface area contributed by atoms with Crippen molar-refractivity contribution in [2.45, 2.75) is 24.9 Å². The van der Waals surface area contributed by atoms with Gasteiger partial charge in [0.2, 0.25) is 12.2 Å². The molecule has 2 aromatic carbocycles. The number of nitrogens with one attached hydrogen (secondary N) is 1. The van der Waals surface area contributed by atoms with E-state index >= 15 is 0 Å². The molecule has 0 amide bonds. The van der Waals surface area contributed by atoms with Gasteiger partial charge >= 0.3 is 0 Å². The Hall–Kier alpha value is -2.40. The molecule has 4 rings (SSSR count). The number of thiazole rings is 1. The quantitative estimate of drug-likeness (QED) is 0.472. The Morgan fingerprint density at radius 1 is 1.14 bits per heavy atom. The lowest BCUT2D eigenvalue weighted by molar-refractivity contribution is -0.328. The van der Waals surface area contributed by atoms with Gasteiger partial charge in [0.05, 0.1) is 17.7 Å². The van der Waals surface area contributed by atoms with Gasteiger partial charge in [0, 0.05) is 5.56 Å². The molecule has 0 spiro atoms. The van der Waals surface area contributed by atoms with E-state index < -0.39 is 31.5 Å². The van der Waals surface area contributed by atoms with Crippen LogP contribution in [0.1, 0.15) is 15.2 Å². The summed E-state index contributed by atoms with van der Waals surface area (Å²) < 4.78 is 10.4. The van der Waals surface area contributed by atoms with Gasteiger partial charge in [-0.1, -0.05) is 47.7 Å². The predicted molar refractivity (Wildman–Crippen MR) is 102 cm³/mol.